The number of urea groups is 1. The van der Waals surface area contributed by atoms with Crippen molar-refractivity contribution in [1.29, 1.82) is 0 Å². The molecule has 1 heterocycles. The van der Waals surface area contributed by atoms with Gasteiger partial charge in [-0.15, -0.1) is 0 Å². The largest absolute Gasteiger partial charge is 0.433 e. The summed E-state index contributed by atoms with van der Waals surface area (Å²) in [4.78, 5) is 18.9. The zero-order chi connectivity index (χ0) is 19.6. The standard InChI is InChI=1S/C17H14F3N5O2/c1-9-2-3-11-7-12(5-4-10(11)6-9)21-16(26)24-15-22-13(17(18,19)20)8-14(23-15)25-27/h2-8,27H,1H3,(H3,21,22,23,24,25,26). The van der Waals surface area contributed by atoms with Crippen LogP contribution in [0.15, 0.2) is 42.5 Å². The molecule has 0 aliphatic carbocycles. The Hall–Kier alpha value is -3.40. The molecule has 0 fully saturated rings. The van der Waals surface area contributed by atoms with E-state index in [0.717, 1.165) is 16.3 Å². The molecule has 7 nitrogen and oxygen atoms in total. The maximum absolute atomic E-state index is 12.8. The first-order chi connectivity index (χ1) is 12.7. The fourth-order valence-electron chi connectivity index (χ4n) is 2.41. The molecule has 1 aromatic heterocycles. The number of halogens is 3. The molecule has 2 aromatic carbocycles. The van der Waals surface area contributed by atoms with Gasteiger partial charge in [0.1, 0.15) is 0 Å². The second-order valence-electron chi connectivity index (χ2n) is 5.72. The average molecular weight is 377 g/mol. The lowest BCUT2D eigenvalue weighted by molar-refractivity contribution is -0.141. The van der Waals surface area contributed by atoms with Crippen LogP contribution in [0.1, 0.15) is 11.3 Å². The number of fused-ring (bicyclic) bond motifs is 1. The van der Waals surface area contributed by atoms with Crippen LogP contribution in [0.3, 0.4) is 0 Å². The van der Waals surface area contributed by atoms with Gasteiger partial charge >= 0.3 is 12.2 Å². The van der Waals surface area contributed by atoms with Gasteiger partial charge < -0.3 is 5.32 Å². The van der Waals surface area contributed by atoms with Crippen LogP contribution in [0.5, 0.6) is 0 Å². The number of rotatable bonds is 3. The topological polar surface area (TPSA) is 99.2 Å². The number of benzene rings is 2. The fraction of sp³-hybridized carbons (Fsp3) is 0.118. The molecule has 0 spiro atoms. The Kier molecular flexibility index (Phi) is 4.82. The maximum Gasteiger partial charge on any atom is 0.433 e. The SMILES string of the molecule is Cc1ccc2cc(NC(=O)Nc3nc(NO)cc(C(F)(F)F)n3)ccc2c1. The fourth-order valence-corrected chi connectivity index (χ4v) is 2.41. The van der Waals surface area contributed by atoms with Gasteiger partial charge in [-0.2, -0.15) is 18.2 Å². The summed E-state index contributed by atoms with van der Waals surface area (Å²) in [5, 5.41) is 15.3. The molecular formula is C17H14F3N5O2. The minimum absolute atomic E-state index is 0.441. The quantitative estimate of drug-likeness (QED) is 0.507. The Morgan fingerprint density at radius 3 is 2.41 bits per heavy atom. The third-order valence-corrected chi connectivity index (χ3v) is 3.61. The normalized spacial score (nSPS) is 11.3. The van der Waals surface area contributed by atoms with Crippen molar-refractivity contribution >= 4 is 34.3 Å². The van der Waals surface area contributed by atoms with E-state index in [4.69, 9.17) is 5.21 Å². The van der Waals surface area contributed by atoms with Gasteiger partial charge in [0, 0.05) is 11.8 Å². The number of carbonyl (C=O) groups is 1. The number of alkyl halides is 3. The Morgan fingerprint density at radius 2 is 1.70 bits per heavy atom. The van der Waals surface area contributed by atoms with Crippen LogP contribution < -0.4 is 16.1 Å². The number of aryl methyl sites for hydroxylation is 1. The van der Waals surface area contributed by atoms with E-state index in [9.17, 15) is 18.0 Å². The molecule has 4 N–H and O–H groups in total. The highest BCUT2D eigenvalue weighted by molar-refractivity contribution is 6.00. The smallest absolute Gasteiger partial charge is 0.308 e. The second kappa shape index (κ2) is 7.08. The highest BCUT2D eigenvalue weighted by atomic mass is 19.4. The summed E-state index contributed by atoms with van der Waals surface area (Å²) in [7, 11) is 0. The molecule has 140 valence electrons. The maximum atomic E-state index is 12.8. The lowest BCUT2D eigenvalue weighted by Gasteiger charge is -2.11. The minimum atomic E-state index is -4.77. The van der Waals surface area contributed by atoms with Gasteiger partial charge in [-0.25, -0.2) is 9.78 Å². The molecule has 0 radical (unpaired) electrons. The summed E-state index contributed by atoms with van der Waals surface area (Å²) in [5.41, 5.74) is 1.72. The summed E-state index contributed by atoms with van der Waals surface area (Å²) in [5.74, 6) is -1.12. The minimum Gasteiger partial charge on any atom is -0.308 e. The van der Waals surface area contributed by atoms with Gasteiger partial charge in [-0.1, -0.05) is 29.8 Å². The van der Waals surface area contributed by atoms with Crippen molar-refractivity contribution in [2.24, 2.45) is 0 Å². The van der Waals surface area contributed by atoms with Crippen molar-refractivity contribution in [3.05, 3.63) is 53.7 Å². The third kappa shape index (κ3) is 4.42. The monoisotopic (exact) mass is 377 g/mol. The van der Waals surface area contributed by atoms with Gasteiger partial charge in [0.25, 0.3) is 0 Å². The van der Waals surface area contributed by atoms with Crippen LogP contribution in [0.4, 0.5) is 35.4 Å². The molecule has 0 aliphatic heterocycles. The molecule has 0 unspecified atom stereocenters. The molecular weight excluding hydrogens is 363 g/mol. The summed E-state index contributed by atoms with van der Waals surface area (Å²) in [6, 6.07) is 10.7. The number of hydrogen-bond donors (Lipinski definition) is 4. The van der Waals surface area contributed by atoms with Crippen molar-refractivity contribution in [2.45, 2.75) is 13.1 Å². The Bertz CT molecular complexity index is 1010. The number of nitrogens with zero attached hydrogens (tertiary/aromatic N) is 2. The van der Waals surface area contributed by atoms with E-state index in [0.29, 0.717) is 11.8 Å². The molecule has 0 saturated heterocycles. The zero-order valence-electron chi connectivity index (χ0n) is 13.9. The molecule has 0 saturated carbocycles. The highest BCUT2D eigenvalue weighted by Crippen LogP contribution is 2.29. The second-order valence-corrected chi connectivity index (χ2v) is 5.72. The third-order valence-electron chi connectivity index (χ3n) is 3.61. The van der Waals surface area contributed by atoms with Crippen molar-refractivity contribution < 1.29 is 23.2 Å². The number of anilines is 3. The predicted octanol–water partition coefficient (Wildman–Crippen LogP) is 4.40. The van der Waals surface area contributed by atoms with Gasteiger partial charge in [0.15, 0.2) is 11.5 Å². The van der Waals surface area contributed by atoms with E-state index in [1.807, 2.05) is 31.2 Å². The molecule has 0 atom stereocenters. The Labute approximate surface area is 151 Å². The van der Waals surface area contributed by atoms with E-state index in [-0.39, 0.29) is 0 Å². The summed E-state index contributed by atoms with van der Waals surface area (Å²) in [6.07, 6.45) is -4.77. The van der Waals surface area contributed by atoms with Gasteiger partial charge in [-0.3, -0.25) is 16.0 Å². The first-order valence-electron chi connectivity index (χ1n) is 7.69. The molecule has 10 heteroatoms. The van der Waals surface area contributed by atoms with Crippen LogP contribution in [0.2, 0.25) is 0 Å². The lowest BCUT2D eigenvalue weighted by Crippen LogP contribution is -2.22. The van der Waals surface area contributed by atoms with E-state index in [2.05, 4.69) is 20.6 Å². The van der Waals surface area contributed by atoms with Crippen LogP contribution in [0.25, 0.3) is 10.8 Å². The summed E-state index contributed by atoms with van der Waals surface area (Å²) < 4.78 is 38.5. The molecule has 27 heavy (non-hydrogen) atoms. The van der Waals surface area contributed by atoms with Crippen molar-refractivity contribution in [2.75, 3.05) is 16.1 Å². The summed E-state index contributed by atoms with van der Waals surface area (Å²) >= 11 is 0. The highest BCUT2D eigenvalue weighted by Gasteiger charge is 2.34. The number of aromatic nitrogens is 2. The van der Waals surface area contributed by atoms with Crippen LogP contribution in [-0.4, -0.2) is 21.2 Å². The first kappa shape index (κ1) is 18.4. The number of nitrogens with one attached hydrogen (secondary N) is 3. The van der Waals surface area contributed by atoms with E-state index >= 15 is 0 Å². The summed E-state index contributed by atoms with van der Waals surface area (Å²) in [6.45, 7) is 1.96. The molecule has 3 rings (SSSR count). The van der Waals surface area contributed by atoms with Gasteiger partial charge in [0.05, 0.1) is 0 Å². The Balaban J connectivity index is 1.78. The van der Waals surface area contributed by atoms with E-state index < -0.39 is 29.7 Å². The van der Waals surface area contributed by atoms with Gasteiger partial charge in [-0.05, 0) is 29.8 Å². The number of carbonyl (C=O) groups excluding carboxylic acids is 1. The lowest BCUT2D eigenvalue weighted by atomic mass is 10.1. The van der Waals surface area contributed by atoms with Crippen molar-refractivity contribution in [3.8, 4) is 0 Å². The van der Waals surface area contributed by atoms with Crippen molar-refractivity contribution in [1.82, 2.24) is 9.97 Å². The molecule has 0 aliphatic rings. The number of hydrogen-bond acceptors (Lipinski definition) is 5. The number of amides is 2. The van der Waals surface area contributed by atoms with Gasteiger partial charge in [0.2, 0.25) is 5.95 Å². The Morgan fingerprint density at radius 1 is 1.00 bits per heavy atom. The predicted molar refractivity (Wildman–Crippen MR) is 93.8 cm³/mol. The molecule has 2 amide bonds. The molecule has 3 aromatic rings. The van der Waals surface area contributed by atoms with Crippen LogP contribution in [-0.2, 0) is 6.18 Å². The first-order valence-corrected chi connectivity index (χ1v) is 7.69. The van der Waals surface area contributed by atoms with E-state index in [1.54, 1.807) is 12.1 Å². The van der Waals surface area contributed by atoms with Crippen LogP contribution in [0, 0.1) is 6.92 Å². The van der Waals surface area contributed by atoms with E-state index in [1.165, 1.54) is 5.48 Å². The zero-order valence-corrected chi connectivity index (χ0v) is 13.9. The van der Waals surface area contributed by atoms with Crippen molar-refractivity contribution in [3.63, 3.8) is 0 Å². The van der Waals surface area contributed by atoms with Crippen LogP contribution >= 0.6 is 0 Å². The average Bonchev–Trinajstić information content (AvgIpc) is 2.60. The molecule has 0 bridgehead atoms.